The fourth-order valence-electron chi connectivity index (χ4n) is 1.61. The van der Waals surface area contributed by atoms with Crippen molar-refractivity contribution in [1.82, 2.24) is 0 Å². The molecule has 0 saturated heterocycles. The highest BCUT2D eigenvalue weighted by atomic mass is 16.1. The molecule has 0 bridgehead atoms. The van der Waals surface area contributed by atoms with Crippen LogP contribution in [0, 0.1) is 0 Å². The number of carbonyl (C=O) groups excluding carboxylic acids is 2. The Bertz CT molecular complexity index is 533. The molecule has 0 radical (unpaired) electrons. The maximum absolute atomic E-state index is 12.0. The molecule has 1 aromatic rings. The Kier molecular flexibility index (Phi) is 4.55. The molecule has 1 rings (SSSR count). The molecule has 2 heteroatoms. The Balaban J connectivity index is 3.42. The van der Waals surface area contributed by atoms with Gasteiger partial charge in [-0.15, -0.1) is 0 Å². The van der Waals surface area contributed by atoms with Crippen molar-refractivity contribution >= 4 is 17.1 Å². The summed E-state index contributed by atoms with van der Waals surface area (Å²) >= 11 is 0. The van der Waals surface area contributed by atoms with E-state index < -0.39 is 0 Å². The lowest BCUT2D eigenvalue weighted by Crippen LogP contribution is -2.13. The third-order valence-corrected chi connectivity index (χ3v) is 2.63. The monoisotopic (exact) mass is 240 g/mol. The summed E-state index contributed by atoms with van der Waals surface area (Å²) < 4.78 is 0. The minimum atomic E-state index is -0.371. The summed E-state index contributed by atoms with van der Waals surface area (Å²) in [4.78, 5) is 23.9. The third-order valence-electron chi connectivity index (χ3n) is 2.63. The van der Waals surface area contributed by atoms with Crippen LogP contribution in [0.15, 0.2) is 60.7 Å². The summed E-state index contributed by atoms with van der Waals surface area (Å²) in [7, 11) is 0. The van der Waals surface area contributed by atoms with Gasteiger partial charge in [0.15, 0.2) is 11.6 Å². The smallest absolute Gasteiger partial charge is 0.192 e. The highest BCUT2D eigenvalue weighted by Crippen LogP contribution is 2.21. The highest BCUT2D eigenvalue weighted by Gasteiger charge is 2.19. The van der Waals surface area contributed by atoms with E-state index in [0.717, 1.165) is 11.6 Å². The van der Waals surface area contributed by atoms with E-state index in [-0.39, 0.29) is 17.1 Å². The van der Waals surface area contributed by atoms with Gasteiger partial charge in [0, 0.05) is 0 Å². The average molecular weight is 240 g/mol. The zero-order chi connectivity index (χ0) is 13.7. The number of rotatable bonds is 5. The maximum Gasteiger partial charge on any atom is 0.192 e. The first-order valence-electron chi connectivity index (χ1n) is 5.62. The molecule has 0 N–H and O–H groups in total. The van der Waals surface area contributed by atoms with Crippen LogP contribution in [-0.2, 0) is 9.59 Å². The highest BCUT2D eigenvalue weighted by molar-refractivity contribution is 6.32. The molecular formula is C16H16O2. The predicted octanol–water partition coefficient (Wildman–Crippen LogP) is 3.36. The maximum atomic E-state index is 12.0. The molecule has 92 valence electrons. The van der Waals surface area contributed by atoms with E-state index in [1.165, 1.54) is 0 Å². The standard InChI is InChI=1S/C16H16O2/c1-5-14(17)15(16(18)11(2)3)12(4)13-9-7-6-8-10-13/h5-10H,1-2H2,3-4H3. The number of carbonyl (C=O) groups is 2. The minimum Gasteiger partial charge on any atom is -0.289 e. The lowest BCUT2D eigenvalue weighted by atomic mass is 9.93. The van der Waals surface area contributed by atoms with Gasteiger partial charge in [-0.05, 0) is 36.6 Å². The Labute approximate surface area is 107 Å². The van der Waals surface area contributed by atoms with Crippen LogP contribution in [0.3, 0.4) is 0 Å². The van der Waals surface area contributed by atoms with E-state index in [1.807, 2.05) is 30.3 Å². The van der Waals surface area contributed by atoms with Gasteiger partial charge < -0.3 is 0 Å². The van der Waals surface area contributed by atoms with Gasteiger partial charge >= 0.3 is 0 Å². The second-order valence-electron chi connectivity index (χ2n) is 4.04. The first-order chi connectivity index (χ1) is 8.49. The predicted molar refractivity (Wildman–Crippen MR) is 74.1 cm³/mol. The lowest BCUT2D eigenvalue weighted by Gasteiger charge is -2.09. The molecule has 0 amide bonds. The van der Waals surface area contributed by atoms with E-state index in [9.17, 15) is 9.59 Å². The molecule has 0 saturated carbocycles. The molecule has 0 atom stereocenters. The normalized spacial score (nSPS) is 11.4. The van der Waals surface area contributed by atoms with Crippen LogP contribution < -0.4 is 0 Å². The van der Waals surface area contributed by atoms with Crippen LogP contribution in [0.5, 0.6) is 0 Å². The molecule has 0 aliphatic rings. The number of allylic oxidation sites excluding steroid dienone is 4. The van der Waals surface area contributed by atoms with Gasteiger partial charge in [-0.25, -0.2) is 0 Å². The number of hydrogen-bond donors (Lipinski definition) is 0. The van der Waals surface area contributed by atoms with Gasteiger partial charge in [-0.2, -0.15) is 0 Å². The van der Waals surface area contributed by atoms with Crippen molar-refractivity contribution in [2.45, 2.75) is 13.8 Å². The zero-order valence-electron chi connectivity index (χ0n) is 10.7. The van der Waals surface area contributed by atoms with E-state index in [4.69, 9.17) is 0 Å². The van der Waals surface area contributed by atoms with Crippen molar-refractivity contribution in [2.75, 3.05) is 0 Å². The van der Waals surface area contributed by atoms with Gasteiger partial charge in [0.05, 0.1) is 5.57 Å². The molecule has 0 heterocycles. The Morgan fingerprint density at radius 1 is 1.11 bits per heavy atom. The van der Waals surface area contributed by atoms with E-state index in [2.05, 4.69) is 13.2 Å². The van der Waals surface area contributed by atoms with Crippen LogP contribution in [0.2, 0.25) is 0 Å². The second kappa shape index (κ2) is 5.92. The zero-order valence-corrected chi connectivity index (χ0v) is 10.7. The van der Waals surface area contributed by atoms with E-state index >= 15 is 0 Å². The molecule has 2 nitrogen and oxygen atoms in total. The van der Waals surface area contributed by atoms with Gasteiger partial charge in [0.2, 0.25) is 0 Å². The van der Waals surface area contributed by atoms with Crippen LogP contribution in [-0.4, -0.2) is 11.6 Å². The summed E-state index contributed by atoms with van der Waals surface area (Å²) in [5, 5.41) is 0. The molecular weight excluding hydrogens is 224 g/mol. The quantitative estimate of drug-likeness (QED) is 0.449. The van der Waals surface area contributed by atoms with Crippen molar-refractivity contribution in [3.8, 4) is 0 Å². The van der Waals surface area contributed by atoms with Gasteiger partial charge in [-0.3, -0.25) is 9.59 Å². The summed E-state index contributed by atoms with van der Waals surface area (Å²) in [6.45, 7) is 10.4. The van der Waals surface area contributed by atoms with Gasteiger partial charge in [0.1, 0.15) is 0 Å². The van der Waals surface area contributed by atoms with Gasteiger partial charge in [0.25, 0.3) is 0 Å². The van der Waals surface area contributed by atoms with Gasteiger partial charge in [-0.1, -0.05) is 43.5 Å². The average Bonchev–Trinajstić information content (AvgIpc) is 2.39. The molecule has 1 aromatic carbocycles. The molecule has 18 heavy (non-hydrogen) atoms. The number of Topliss-reactive ketones (excluding diaryl/α,β-unsaturated/α-hetero) is 1. The third kappa shape index (κ3) is 2.92. The van der Waals surface area contributed by atoms with Crippen molar-refractivity contribution in [3.05, 3.63) is 66.3 Å². The molecule has 0 fully saturated rings. The van der Waals surface area contributed by atoms with Crippen LogP contribution in [0.25, 0.3) is 5.57 Å². The summed E-state index contributed by atoms with van der Waals surface area (Å²) in [5.41, 5.74) is 1.98. The van der Waals surface area contributed by atoms with Crippen molar-refractivity contribution in [1.29, 1.82) is 0 Å². The summed E-state index contributed by atoms with van der Waals surface area (Å²) in [6.07, 6.45) is 1.16. The Hall–Kier alpha value is -2.22. The summed E-state index contributed by atoms with van der Waals surface area (Å²) in [6, 6.07) is 9.32. The summed E-state index contributed by atoms with van der Waals surface area (Å²) in [5.74, 6) is -0.703. The molecule has 0 aliphatic carbocycles. The van der Waals surface area contributed by atoms with Crippen LogP contribution in [0.1, 0.15) is 19.4 Å². The molecule has 0 unspecified atom stereocenters. The second-order valence-corrected chi connectivity index (χ2v) is 4.04. The largest absolute Gasteiger partial charge is 0.289 e. The van der Waals surface area contributed by atoms with E-state index in [0.29, 0.717) is 11.1 Å². The van der Waals surface area contributed by atoms with Crippen LogP contribution >= 0.6 is 0 Å². The van der Waals surface area contributed by atoms with E-state index in [1.54, 1.807) is 13.8 Å². The molecule has 0 spiro atoms. The fourth-order valence-corrected chi connectivity index (χ4v) is 1.61. The minimum absolute atomic E-state index is 0.142. The Morgan fingerprint density at radius 2 is 1.67 bits per heavy atom. The van der Waals surface area contributed by atoms with Crippen molar-refractivity contribution in [3.63, 3.8) is 0 Å². The number of benzene rings is 1. The topological polar surface area (TPSA) is 34.1 Å². The molecule has 0 aromatic heterocycles. The fraction of sp³-hybridized carbons (Fsp3) is 0.125. The number of ketones is 2. The lowest BCUT2D eigenvalue weighted by molar-refractivity contribution is -0.117. The van der Waals surface area contributed by atoms with Crippen molar-refractivity contribution < 1.29 is 9.59 Å². The molecule has 0 aliphatic heterocycles. The van der Waals surface area contributed by atoms with Crippen molar-refractivity contribution in [2.24, 2.45) is 0 Å². The van der Waals surface area contributed by atoms with Crippen LogP contribution in [0.4, 0.5) is 0 Å². The number of hydrogen-bond acceptors (Lipinski definition) is 2. The first-order valence-corrected chi connectivity index (χ1v) is 5.62. The Morgan fingerprint density at radius 3 is 2.11 bits per heavy atom. The SMILES string of the molecule is C=CC(=O)C(C(=O)C(=C)C)=C(C)c1ccccc1. The first kappa shape index (κ1) is 13.8.